The molecule has 0 bridgehead atoms. The fourth-order valence-corrected chi connectivity index (χ4v) is 2.51. The number of rotatable bonds is 3. The molecule has 0 aliphatic carbocycles. The Morgan fingerprint density at radius 1 is 1.00 bits per heavy atom. The summed E-state index contributed by atoms with van der Waals surface area (Å²) in [6.45, 7) is 6.10. The number of nitrogens with zero attached hydrogens (tertiary/aromatic N) is 1. The van der Waals surface area contributed by atoms with Crippen LogP contribution in [0.1, 0.15) is 26.3 Å². The molecule has 0 atom stereocenters. The van der Waals surface area contributed by atoms with Gasteiger partial charge in [-0.3, -0.25) is 0 Å². The second-order valence-electron chi connectivity index (χ2n) is 6.60. The maximum Gasteiger partial charge on any atom is 0.131 e. The molecular formula is C20H21NO2. The molecule has 0 saturated carbocycles. The highest BCUT2D eigenvalue weighted by Gasteiger charge is 2.16. The van der Waals surface area contributed by atoms with Crippen LogP contribution in [0.3, 0.4) is 0 Å². The van der Waals surface area contributed by atoms with E-state index in [4.69, 9.17) is 9.72 Å². The second-order valence-corrected chi connectivity index (χ2v) is 6.60. The fourth-order valence-electron chi connectivity index (χ4n) is 2.51. The van der Waals surface area contributed by atoms with Gasteiger partial charge in [0, 0.05) is 17.0 Å². The Balaban J connectivity index is 2.22. The number of pyridine rings is 1. The van der Waals surface area contributed by atoms with Crippen molar-refractivity contribution in [1.29, 1.82) is 0 Å². The average Bonchev–Trinajstić information content (AvgIpc) is 2.53. The second kappa shape index (κ2) is 6.01. The standard InChI is InChI=1S/C20H21NO2/c1-20(2,3)23-19-12-17(15-7-5-4-6-8-15)21-18-11-14(13-22)9-10-16(18)19/h4-12,22H,13H2,1-3H3. The molecular weight excluding hydrogens is 286 g/mol. The number of aromatic nitrogens is 1. The van der Waals surface area contributed by atoms with Crippen molar-refractivity contribution in [2.45, 2.75) is 33.0 Å². The van der Waals surface area contributed by atoms with Gasteiger partial charge in [0.1, 0.15) is 11.4 Å². The summed E-state index contributed by atoms with van der Waals surface area (Å²) >= 11 is 0. The Morgan fingerprint density at radius 2 is 1.74 bits per heavy atom. The van der Waals surface area contributed by atoms with E-state index in [1.54, 1.807) is 0 Å². The molecule has 3 rings (SSSR count). The van der Waals surface area contributed by atoms with E-state index in [1.807, 2.05) is 75.4 Å². The highest BCUT2D eigenvalue weighted by molar-refractivity contribution is 5.88. The third kappa shape index (κ3) is 3.51. The van der Waals surface area contributed by atoms with Crippen LogP contribution >= 0.6 is 0 Å². The summed E-state index contributed by atoms with van der Waals surface area (Å²) < 4.78 is 6.15. The predicted molar refractivity (Wildman–Crippen MR) is 93.5 cm³/mol. The van der Waals surface area contributed by atoms with Crippen LogP contribution in [0.4, 0.5) is 0 Å². The number of benzene rings is 2. The van der Waals surface area contributed by atoms with E-state index in [1.165, 1.54) is 0 Å². The summed E-state index contributed by atoms with van der Waals surface area (Å²) in [5.41, 5.74) is 3.29. The van der Waals surface area contributed by atoms with Crippen LogP contribution in [0.2, 0.25) is 0 Å². The van der Waals surface area contributed by atoms with Crippen LogP contribution in [0.15, 0.2) is 54.6 Å². The number of hydrogen-bond acceptors (Lipinski definition) is 3. The highest BCUT2D eigenvalue weighted by atomic mass is 16.5. The van der Waals surface area contributed by atoms with Crippen LogP contribution < -0.4 is 4.74 Å². The third-order valence-corrected chi connectivity index (χ3v) is 3.50. The van der Waals surface area contributed by atoms with Crippen LogP contribution in [-0.2, 0) is 6.61 Å². The Bertz CT molecular complexity index is 820. The lowest BCUT2D eigenvalue weighted by Crippen LogP contribution is -2.23. The smallest absolute Gasteiger partial charge is 0.131 e. The molecule has 0 saturated heterocycles. The van der Waals surface area contributed by atoms with Gasteiger partial charge in [-0.1, -0.05) is 36.4 Å². The topological polar surface area (TPSA) is 42.4 Å². The lowest BCUT2D eigenvalue weighted by Gasteiger charge is -2.23. The molecule has 1 N–H and O–H groups in total. The van der Waals surface area contributed by atoms with Gasteiger partial charge in [0.15, 0.2) is 0 Å². The number of aliphatic hydroxyl groups excluding tert-OH is 1. The van der Waals surface area contributed by atoms with Gasteiger partial charge in [-0.25, -0.2) is 4.98 Å². The van der Waals surface area contributed by atoms with Crippen LogP contribution in [0.5, 0.6) is 5.75 Å². The fraction of sp³-hybridized carbons (Fsp3) is 0.250. The lowest BCUT2D eigenvalue weighted by molar-refractivity contribution is 0.133. The van der Waals surface area contributed by atoms with E-state index < -0.39 is 0 Å². The molecule has 0 aliphatic rings. The van der Waals surface area contributed by atoms with E-state index in [0.29, 0.717) is 0 Å². The Labute approximate surface area is 136 Å². The van der Waals surface area contributed by atoms with Crippen molar-refractivity contribution in [3.8, 4) is 17.0 Å². The summed E-state index contributed by atoms with van der Waals surface area (Å²) in [6, 6.07) is 17.8. The van der Waals surface area contributed by atoms with Crippen LogP contribution in [0.25, 0.3) is 22.2 Å². The Morgan fingerprint density at radius 3 is 2.39 bits per heavy atom. The van der Waals surface area contributed by atoms with Gasteiger partial charge in [0.2, 0.25) is 0 Å². The Kier molecular flexibility index (Phi) is 4.05. The summed E-state index contributed by atoms with van der Waals surface area (Å²) in [5.74, 6) is 0.811. The van der Waals surface area contributed by atoms with Crippen molar-refractivity contribution in [3.63, 3.8) is 0 Å². The monoisotopic (exact) mass is 307 g/mol. The number of ether oxygens (including phenoxy) is 1. The molecule has 0 radical (unpaired) electrons. The molecule has 0 amide bonds. The van der Waals surface area contributed by atoms with Crippen molar-refractivity contribution in [3.05, 3.63) is 60.2 Å². The van der Waals surface area contributed by atoms with Gasteiger partial charge in [-0.15, -0.1) is 0 Å². The van der Waals surface area contributed by atoms with E-state index in [0.717, 1.165) is 33.5 Å². The number of aliphatic hydroxyl groups is 1. The number of fused-ring (bicyclic) bond motifs is 1. The van der Waals surface area contributed by atoms with Gasteiger partial charge in [0.05, 0.1) is 17.8 Å². The largest absolute Gasteiger partial charge is 0.487 e. The lowest BCUT2D eigenvalue weighted by atomic mass is 10.1. The SMILES string of the molecule is CC(C)(C)Oc1cc(-c2ccccc2)nc2cc(CO)ccc12. The quantitative estimate of drug-likeness (QED) is 0.770. The summed E-state index contributed by atoms with van der Waals surface area (Å²) in [4.78, 5) is 4.75. The van der Waals surface area contributed by atoms with Crippen molar-refractivity contribution in [2.75, 3.05) is 0 Å². The average molecular weight is 307 g/mol. The van der Waals surface area contributed by atoms with Crippen LogP contribution in [-0.4, -0.2) is 15.7 Å². The van der Waals surface area contributed by atoms with Crippen molar-refractivity contribution in [2.24, 2.45) is 0 Å². The molecule has 0 unspecified atom stereocenters. The van der Waals surface area contributed by atoms with Gasteiger partial charge in [-0.05, 0) is 38.5 Å². The molecule has 23 heavy (non-hydrogen) atoms. The molecule has 0 fully saturated rings. The molecule has 0 aliphatic heterocycles. The van der Waals surface area contributed by atoms with Gasteiger partial charge < -0.3 is 9.84 Å². The van der Waals surface area contributed by atoms with Crippen molar-refractivity contribution < 1.29 is 9.84 Å². The summed E-state index contributed by atoms with van der Waals surface area (Å²) in [6.07, 6.45) is 0. The molecule has 1 heterocycles. The van der Waals surface area contributed by atoms with Gasteiger partial charge >= 0.3 is 0 Å². The maximum atomic E-state index is 9.38. The minimum atomic E-state index is -0.294. The summed E-state index contributed by atoms with van der Waals surface area (Å²) in [5, 5.41) is 10.3. The molecule has 3 aromatic rings. The molecule has 2 aromatic carbocycles. The van der Waals surface area contributed by atoms with Crippen molar-refractivity contribution in [1.82, 2.24) is 4.98 Å². The zero-order valence-corrected chi connectivity index (χ0v) is 13.7. The van der Waals surface area contributed by atoms with Gasteiger partial charge in [0.25, 0.3) is 0 Å². The predicted octanol–water partition coefficient (Wildman–Crippen LogP) is 4.57. The van der Waals surface area contributed by atoms with Crippen LogP contribution in [0, 0.1) is 0 Å². The van der Waals surface area contributed by atoms with Gasteiger partial charge in [-0.2, -0.15) is 0 Å². The third-order valence-electron chi connectivity index (χ3n) is 3.50. The minimum Gasteiger partial charge on any atom is -0.487 e. The number of hydrogen-bond donors (Lipinski definition) is 1. The molecule has 0 spiro atoms. The molecule has 3 nitrogen and oxygen atoms in total. The maximum absolute atomic E-state index is 9.38. The Hall–Kier alpha value is -2.39. The first kappa shape index (κ1) is 15.5. The van der Waals surface area contributed by atoms with Crippen molar-refractivity contribution >= 4 is 10.9 Å². The molecule has 118 valence electrons. The van der Waals surface area contributed by atoms with E-state index in [-0.39, 0.29) is 12.2 Å². The highest BCUT2D eigenvalue weighted by Crippen LogP contribution is 2.32. The minimum absolute atomic E-state index is 0.00262. The first-order valence-corrected chi connectivity index (χ1v) is 7.75. The van der Waals surface area contributed by atoms with E-state index in [2.05, 4.69) is 0 Å². The van der Waals surface area contributed by atoms with E-state index >= 15 is 0 Å². The molecule has 1 aromatic heterocycles. The first-order valence-electron chi connectivity index (χ1n) is 7.75. The zero-order chi connectivity index (χ0) is 16.4. The van der Waals surface area contributed by atoms with E-state index in [9.17, 15) is 5.11 Å². The summed E-state index contributed by atoms with van der Waals surface area (Å²) in [7, 11) is 0. The first-order chi connectivity index (χ1) is 11.0. The normalized spacial score (nSPS) is 11.7. The molecule has 3 heteroatoms. The zero-order valence-electron chi connectivity index (χ0n) is 13.7.